The van der Waals surface area contributed by atoms with Crippen molar-refractivity contribution >= 4 is 5.91 Å². The standard InChI is InChI=1S/C29H39N3O2/c1-20(2)19-34-32(21(3)22-8-5-4-6-9-22)29(33)24-11-12-26-23(16-24)13-15-31-18-25-10-7-14-30-27(25)17-28(26)31/h4-6,8-9,11-12,16,20-21,25,27-28,30H,7,10,13-15,17-19H2,1-3H3/t21-,25+,27-,28-/m1/s1. The molecular weight excluding hydrogens is 422 g/mol. The highest BCUT2D eigenvalue weighted by atomic mass is 16.7. The number of nitrogens with zero attached hydrogens (tertiary/aromatic N) is 2. The first kappa shape index (κ1) is 23.5. The first-order chi connectivity index (χ1) is 16.5. The molecule has 5 heteroatoms. The quantitative estimate of drug-likeness (QED) is 0.605. The molecule has 3 aliphatic rings. The summed E-state index contributed by atoms with van der Waals surface area (Å²) in [5.74, 6) is 1.08. The van der Waals surface area contributed by atoms with Gasteiger partial charge < -0.3 is 5.32 Å². The second-order valence-corrected chi connectivity index (χ2v) is 10.8. The van der Waals surface area contributed by atoms with Crippen molar-refractivity contribution in [1.82, 2.24) is 15.3 Å². The minimum Gasteiger partial charge on any atom is -0.314 e. The van der Waals surface area contributed by atoms with Crippen molar-refractivity contribution in [2.24, 2.45) is 11.8 Å². The Morgan fingerprint density at radius 2 is 2.00 bits per heavy atom. The number of fused-ring (bicyclic) bond motifs is 4. The van der Waals surface area contributed by atoms with Gasteiger partial charge in [-0.05, 0) is 79.8 Å². The number of hydrogen-bond donors (Lipinski definition) is 1. The zero-order valence-electron chi connectivity index (χ0n) is 20.9. The van der Waals surface area contributed by atoms with Crippen LogP contribution in [0.3, 0.4) is 0 Å². The Morgan fingerprint density at radius 1 is 1.18 bits per heavy atom. The van der Waals surface area contributed by atoms with Gasteiger partial charge in [-0.2, -0.15) is 0 Å². The third-order valence-electron chi connectivity index (χ3n) is 7.91. The number of nitrogens with one attached hydrogen (secondary N) is 1. The van der Waals surface area contributed by atoms with Crippen LogP contribution in [-0.4, -0.2) is 48.2 Å². The molecule has 0 radical (unpaired) electrons. The zero-order chi connectivity index (χ0) is 23.7. The highest BCUT2D eigenvalue weighted by molar-refractivity contribution is 5.94. The summed E-state index contributed by atoms with van der Waals surface area (Å²) < 4.78 is 0. The molecule has 0 bridgehead atoms. The van der Waals surface area contributed by atoms with Crippen LogP contribution in [-0.2, 0) is 11.3 Å². The molecule has 2 aromatic carbocycles. The first-order valence-electron chi connectivity index (χ1n) is 13.1. The van der Waals surface area contributed by atoms with Crippen molar-refractivity contribution in [2.75, 3.05) is 26.2 Å². The highest BCUT2D eigenvalue weighted by Crippen LogP contribution is 2.41. The SMILES string of the molecule is CC(C)CON(C(=O)c1ccc2c(c1)CCN1C[C@@H]3CCCN[C@@H]3C[C@H]21)[C@H](C)c1ccccc1. The van der Waals surface area contributed by atoms with Crippen molar-refractivity contribution in [3.05, 3.63) is 70.8 Å². The van der Waals surface area contributed by atoms with Crippen molar-refractivity contribution in [3.8, 4) is 0 Å². The number of carbonyl (C=O) groups is 1. The Labute approximate surface area is 204 Å². The average Bonchev–Trinajstić information content (AvgIpc) is 2.87. The molecule has 0 saturated carbocycles. The van der Waals surface area contributed by atoms with Gasteiger partial charge in [-0.15, -0.1) is 0 Å². The lowest BCUT2D eigenvalue weighted by atomic mass is 9.77. The van der Waals surface area contributed by atoms with Crippen LogP contribution in [0.5, 0.6) is 0 Å². The Kier molecular flexibility index (Phi) is 7.05. The lowest BCUT2D eigenvalue weighted by Gasteiger charge is -2.49. The number of piperidine rings is 2. The molecule has 2 fully saturated rings. The van der Waals surface area contributed by atoms with E-state index in [4.69, 9.17) is 4.84 Å². The summed E-state index contributed by atoms with van der Waals surface area (Å²) in [4.78, 5) is 22.5. The first-order valence-corrected chi connectivity index (χ1v) is 13.1. The summed E-state index contributed by atoms with van der Waals surface area (Å²) in [7, 11) is 0. The van der Waals surface area contributed by atoms with Crippen LogP contribution in [0.2, 0.25) is 0 Å². The normalized spacial score (nSPS) is 25.2. The van der Waals surface area contributed by atoms with E-state index < -0.39 is 0 Å². The largest absolute Gasteiger partial charge is 0.314 e. The summed E-state index contributed by atoms with van der Waals surface area (Å²) in [6.45, 7) is 10.2. The summed E-state index contributed by atoms with van der Waals surface area (Å²) in [5.41, 5.74) is 4.55. The van der Waals surface area contributed by atoms with Gasteiger partial charge in [0.1, 0.15) is 0 Å². The Balaban J connectivity index is 1.38. The van der Waals surface area contributed by atoms with Crippen LogP contribution in [0.1, 0.15) is 79.2 Å². The van der Waals surface area contributed by atoms with Gasteiger partial charge in [-0.25, -0.2) is 5.06 Å². The molecule has 3 heterocycles. The van der Waals surface area contributed by atoms with Crippen molar-refractivity contribution in [2.45, 2.75) is 64.6 Å². The van der Waals surface area contributed by atoms with Gasteiger partial charge in [0.05, 0.1) is 12.6 Å². The van der Waals surface area contributed by atoms with Crippen LogP contribution in [0.25, 0.3) is 0 Å². The molecule has 3 aliphatic heterocycles. The number of hydrogen-bond acceptors (Lipinski definition) is 4. The minimum absolute atomic E-state index is 0.0557. The van der Waals surface area contributed by atoms with Gasteiger partial charge >= 0.3 is 0 Å². The van der Waals surface area contributed by atoms with E-state index in [0.29, 0.717) is 24.6 Å². The van der Waals surface area contributed by atoms with Crippen LogP contribution >= 0.6 is 0 Å². The van der Waals surface area contributed by atoms with E-state index in [1.807, 2.05) is 31.2 Å². The highest BCUT2D eigenvalue weighted by Gasteiger charge is 2.39. The van der Waals surface area contributed by atoms with Gasteiger partial charge in [0.2, 0.25) is 0 Å². The molecule has 182 valence electrons. The number of benzene rings is 2. The van der Waals surface area contributed by atoms with Crippen molar-refractivity contribution < 1.29 is 9.63 Å². The lowest BCUT2D eigenvalue weighted by molar-refractivity contribution is -0.154. The van der Waals surface area contributed by atoms with Crippen molar-refractivity contribution in [3.63, 3.8) is 0 Å². The zero-order valence-corrected chi connectivity index (χ0v) is 20.9. The third-order valence-corrected chi connectivity index (χ3v) is 7.91. The Morgan fingerprint density at radius 3 is 2.79 bits per heavy atom. The fourth-order valence-corrected chi connectivity index (χ4v) is 6.02. The predicted molar refractivity (Wildman–Crippen MR) is 135 cm³/mol. The fraction of sp³-hybridized carbons (Fsp3) is 0.552. The molecule has 4 atom stereocenters. The van der Waals surface area contributed by atoms with E-state index in [9.17, 15) is 4.79 Å². The van der Waals surface area contributed by atoms with Gasteiger partial charge in [0.25, 0.3) is 5.91 Å². The Bertz CT molecular complexity index is 992. The number of hydroxylamine groups is 2. The molecule has 0 spiro atoms. The minimum atomic E-state index is -0.161. The summed E-state index contributed by atoms with van der Waals surface area (Å²) >= 11 is 0. The topological polar surface area (TPSA) is 44.8 Å². The molecule has 5 rings (SSSR count). The summed E-state index contributed by atoms with van der Waals surface area (Å²) in [6, 6.07) is 17.5. The monoisotopic (exact) mass is 461 g/mol. The van der Waals surface area contributed by atoms with Crippen LogP contribution in [0.4, 0.5) is 0 Å². The van der Waals surface area contributed by atoms with Crippen molar-refractivity contribution in [1.29, 1.82) is 0 Å². The molecule has 34 heavy (non-hydrogen) atoms. The van der Waals surface area contributed by atoms with Crippen LogP contribution < -0.4 is 5.32 Å². The molecule has 2 saturated heterocycles. The average molecular weight is 462 g/mol. The van der Waals surface area contributed by atoms with Gasteiger partial charge in [-0.1, -0.05) is 50.2 Å². The van der Waals surface area contributed by atoms with E-state index in [0.717, 1.165) is 36.6 Å². The molecule has 2 aromatic rings. The Hall–Kier alpha value is -2.21. The van der Waals surface area contributed by atoms with Crippen LogP contribution in [0, 0.1) is 11.8 Å². The predicted octanol–water partition coefficient (Wildman–Crippen LogP) is 5.15. The summed E-state index contributed by atoms with van der Waals surface area (Å²) in [6.07, 6.45) is 4.85. The maximum Gasteiger partial charge on any atom is 0.278 e. The molecule has 0 aliphatic carbocycles. The molecule has 1 N–H and O–H groups in total. The molecular formula is C29H39N3O2. The summed E-state index contributed by atoms with van der Waals surface area (Å²) in [5, 5.41) is 5.36. The maximum atomic E-state index is 13.7. The fourth-order valence-electron chi connectivity index (χ4n) is 6.02. The molecule has 5 nitrogen and oxygen atoms in total. The van der Waals surface area contributed by atoms with E-state index in [1.54, 1.807) is 5.06 Å². The third kappa shape index (κ3) is 4.79. The smallest absolute Gasteiger partial charge is 0.278 e. The van der Waals surface area contributed by atoms with Gasteiger partial charge in [0.15, 0.2) is 0 Å². The van der Waals surface area contributed by atoms with E-state index >= 15 is 0 Å². The second kappa shape index (κ2) is 10.2. The van der Waals surface area contributed by atoms with Crippen LogP contribution in [0.15, 0.2) is 48.5 Å². The van der Waals surface area contributed by atoms with Gasteiger partial charge in [0, 0.05) is 30.7 Å². The van der Waals surface area contributed by atoms with E-state index in [1.165, 1.54) is 36.9 Å². The number of rotatable bonds is 6. The molecule has 0 unspecified atom stereocenters. The van der Waals surface area contributed by atoms with Gasteiger partial charge in [-0.3, -0.25) is 14.5 Å². The van der Waals surface area contributed by atoms with E-state index in [-0.39, 0.29) is 11.9 Å². The maximum absolute atomic E-state index is 13.7. The van der Waals surface area contributed by atoms with E-state index in [2.05, 4.69) is 48.3 Å². The number of carbonyl (C=O) groups excluding carboxylic acids is 1. The number of amides is 1. The second-order valence-electron chi connectivity index (χ2n) is 10.8. The molecule has 0 aromatic heterocycles. The molecule has 1 amide bonds. The lowest BCUT2D eigenvalue weighted by Crippen LogP contribution is -2.54.